The molecule has 0 amide bonds. The van der Waals surface area contributed by atoms with Gasteiger partial charge in [-0.1, -0.05) is 12.8 Å². The van der Waals surface area contributed by atoms with Gasteiger partial charge >= 0.3 is 0 Å². The predicted octanol–water partition coefficient (Wildman–Crippen LogP) is 2.99. The zero-order valence-electron chi connectivity index (χ0n) is 13.9. The Morgan fingerprint density at radius 1 is 1.08 bits per heavy atom. The number of nitrogens with one attached hydrogen (secondary N) is 1. The number of aliphatic hydroxyl groups is 1. The summed E-state index contributed by atoms with van der Waals surface area (Å²) in [6.07, 6.45) is 11.2. The largest absolute Gasteiger partial charge is 0.391 e. The van der Waals surface area contributed by atoms with Gasteiger partial charge in [0.15, 0.2) is 5.82 Å². The van der Waals surface area contributed by atoms with E-state index in [1.807, 2.05) is 12.1 Å². The van der Waals surface area contributed by atoms with Gasteiger partial charge in [-0.05, 0) is 50.2 Å². The Morgan fingerprint density at radius 2 is 1.88 bits per heavy atom. The van der Waals surface area contributed by atoms with Gasteiger partial charge in [0.1, 0.15) is 5.82 Å². The standard InChI is InChI=1S/C19H24N4O/c24-17(13-4-1-2-5-13)12-21-19-15-6-3-7-16(15)22-18(23-19)14-8-10-20-11-9-14/h8-11,13,17,24H,1-7,12H2,(H,21,22,23). The topological polar surface area (TPSA) is 70.9 Å². The average Bonchev–Trinajstić information content (AvgIpc) is 3.31. The molecule has 2 aliphatic rings. The van der Waals surface area contributed by atoms with Crippen molar-refractivity contribution >= 4 is 5.82 Å². The van der Waals surface area contributed by atoms with Crippen LogP contribution in [-0.2, 0) is 12.8 Å². The summed E-state index contributed by atoms with van der Waals surface area (Å²) >= 11 is 0. The van der Waals surface area contributed by atoms with Crippen LogP contribution in [0.25, 0.3) is 11.4 Å². The van der Waals surface area contributed by atoms with E-state index >= 15 is 0 Å². The molecule has 2 N–H and O–H groups in total. The molecule has 2 aliphatic carbocycles. The number of fused-ring (bicyclic) bond motifs is 1. The monoisotopic (exact) mass is 324 g/mol. The van der Waals surface area contributed by atoms with Crippen molar-refractivity contribution in [3.8, 4) is 11.4 Å². The van der Waals surface area contributed by atoms with Gasteiger partial charge in [0.05, 0.1) is 6.10 Å². The van der Waals surface area contributed by atoms with Crippen molar-refractivity contribution < 1.29 is 5.11 Å². The van der Waals surface area contributed by atoms with Gasteiger partial charge in [-0.25, -0.2) is 9.97 Å². The average molecular weight is 324 g/mol. The lowest BCUT2D eigenvalue weighted by atomic mass is 10.0. The number of aromatic nitrogens is 3. The molecule has 1 unspecified atom stereocenters. The van der Waals surface area contributed by atoms with Gasteiger partial charge in [-0.2, -0.15) is 0 Å². The lowest BCUT2D eigenvalue weighted by Gasteiger charge is -2.19. The number of rotatable bonds is 5. The molecule has 0 spiro atoms. The molecule has 1 atom stereocenters. The predicted molar refractivity (Wildman–Crippen MR) is 93.7 cm³/mol. The van der Waals surface area contributed by atoms with Crippen molar-refractivity contribution in [2.24, 2.45) is 5.92 Å². The number of hydrogen-bond acceptors (Lipinski definition) is 5. The Balaban J connectivity index is 1.56. The number of pyridine rings is 1. The Bertz CT molecular complexity index is 698. The van der Waals surface area contributed by atoms with E-state index in [2.05, 4.69) is 10.3 Å². The third-order valence-electron chi connectivity index (χ3n) is 5.29. The molecule has 0 aromatic carbocycles. The lowest BCUT2D eigenvalue weighted by Crippen LogP contribution is -2.27. The molecule has 1 fully saturated rings. The molecule has 2 aromatic rings. The van der Waals surface area contributed by atoms with Crippen molar-refractivity contribution in [1.29, 1.82) is 0 Å². The van der Waals surface area contributed by atoms with E-state index < -0.39 is 0 Å². The molecule has 2 aromatic heterocycles. The highest BCUT2D eigenvalue weighted by Crippen LogP contribution is 2.31. The molecule has 4 rings (SSSR count). The fraction of sp³-hybridized carbons (Fsp3) is 0.526. The maximum atomic E-state index is 10.4. The smallest absolute Gasteiger partial charge is 0.161 e. The normalized spacial score (nSPS) is 18.5. The summed E-state index contributed by atoms with van der Waals surface area (Å²) in [4.78, 5) is 13.6. The van der Waals surface area contributed by atoms with E-state index in [9.17, 15) is 5.11 Å². The molecule has 126 valence electrons. The van der Waals surface area contributed by atoms with Crippen molar-refractivity contribution in [1.82, 2.24) is 15.0 Å². The number of nitrogens with zero attached hydrogens (tertiary/aromatic N) is 3. The quantitative estimate of drug-likeness (QED) is 0.885. The summed E-state index contributed by atoms with van der Waals surface area (Å²) in [5.41, 5.74) is 3.36. The molecule has 5 nitrogen and oxygen atoms in total. The van der Waals surface area contributed by atoms with Crippen LogP contribution in [0.3, 0.4) is 0 Å². The van der Waals surface area contributed by atoms with Gasteiger partial charge in [0.2, 0.25) is 0 Å². The van der Waals surface area contributed by atoms with Crippen LogP contribution in [-0.4, -0.2) is 32.7 Å². The van der Waals surface area contributed by atoms with Crippen molar-refractivity contribution in [3.63, 3.8) is 0 Å². The second-order valence-corrected chi connectivity index (χ2v) is 6.90. The van der Waals surface area contributed by atoms with Gasteiger partial charge in [-0.15, -0.1) is 0 Å². The molecular weight excluding hydrogens is 300 g/mol. The van der Waals surface area contributed by atoms with Crippen LogP contribution < -0.4 is 5.32 Å². The minimum absolute atomic E-state index is 0.288. The number of aryl methyl sites for hydroxylation is 1. The van der Waals surface area contributed by atoms with Crippen LogP contribution in [0.15, 0.2) is 24.5 Å². The van der Waals surface area contributed by atoms with E-state index in [1.54, 1.807) is 12.4 Å². The summed E-state index contributed by atoms with van der Waals surface area (Å²) in [6.45, 7) is 0.573. The van der Waals surface area contributed by atoms with E-state index in [4.69, 9.17) is 9.97 Å². The highest BCUT2D eigenvalue weighted by molar-refractivity contribution is 5.60. The molecule has 1 saturated carbocycles. The Hall–Kier alpha value is -2.01. The first-order chi connectivity index (χ1) is 11.8. The molecule has 2 heterocycles. The summed E-state index contributed by atoms with van der Waals surface area (Å²) < 4.78 is 0. The molecule has 0 bridgehead atoms. The third-order valence-corrected chi connectivity index (χ3v) is 5.29. The fourth-order valence-electron chi connectivity index (χ4n) is 3.92. The van der Waals surface area contributed by atoms with Gasteiger partial charge in [0, 0.05) is 35.8 Å². The zero-order valence-corrected chi connectivity index (χ0v) is 13.9. The highest BCUT2D eigenvalue weighted by Gasteiger charge is 2.24. The van der Waals surface area contributed by atoms with Crippen LogP contribution >= 0.6 is 0 Å². The Labute approximate surface area is 142 Å². The Kier molecular flexibility index (Phi) is 4.43. The zero-order chi connectivity index (χ0) is 16.4. The lowest BCUT2D eigenvalue weighted by molar-refractivity contribution is 0.122. The third kappa shape index (κ3) is 3.13. The number of aliphatic hydroxyl groups excluding tert-OH is 1. The van der Waals surface area contributed by atoms with E-state index in [-0.39, 0.29) is 6.10 Å². The van der Waals surface area contributed by atoms with E-state index in [1.165, 1.54) is 18.4 Å². The molecule has 24 heavy (non-hydrogen) atoms. The summed E-state index contributed by atoms with van der Waals surface area (Å²) in [6, 6.07) is 3.88. The molecule has 0 aliphatic heterocycles. The SMILES string of the molecule is OC(CNc1nc(-c2ccncc2)nc2c1CCC2)C1CCCC1. The summed E-state index contributed by atoms with van der Waals surface area (Å²) in [5.74, 6) is 2.09. The first-order valence-electron chi connectivity index (χ1n) is 9.03. The molecule has 0 saturated heterocycles. The maximum Gasteiger partial charge on any atom is 0.161 e. The van der Waals surface area contributed by atoms with Crippen LogP contribution in [0, 0.1) is 5.92 Å². The second kappa shape index (κ2) is 6.85. The van der Waals surface area contributed by atoms with Gasteiger partial charge in [0.25, 0.3) is 0 Å². The fourth-order valence-corrected chi connectivity index (χ4v) is 3.92. The first kappa shape index (κ1) is 15.5. The summed E-state index contributed by atoms with van der Waals surface area (Å²) in [7, 11) is 0. The minimum atomic E-state index is -0.288. The molecule has 0 radical (unpaired) electrons. The first-order valence-corrected chi connectivity index (χ1v) is 9.03. The van der Waals surface area contributed by atoms with Crippen molar-refractivity contribution in [2.75, 3.05) is 11.9 Å². The molecule has 5 heteroatoms. The van der Waals surface area contributed by atoms with Crippen LogP contribution in [0.4, 0.5) is 5.82 Å². The van der Waals surface area contributed by atoms with Crippen LogP contribution in [0.2, 0.25) is 0 Å². The van der Waals surface area contributed by atoms with Crippen LogP contribution in [0.5, 0.6) is 0 Å². The van der Waals surface area contributed by atoms with E-state index in [0.717, 1.165) is 55.0 Å². The minimum Gasteiger partial charge on any atom is -0.391 e. The Morgan fingerprint density at radius 3 is 2.67 bits per heavy atom. The van der Waals surface area contributed by atoms with Gasteiger partial charge in [-0.3, -0.25) is 4.98 Å². The van der Waals surface area contributed by atoms with Crippen LogP contribution in [0.1, 0.15) is 43.4 Å². The van der Waals surface area contributed by atoms with E-state index in [0.29, 0.717) is 12.5 Å². The highest BCUT2D eigenvalue weighted by atomic mass is 16.3. The summed E-state index contributed by atoms with van der Waals surface area (Å²) in [5, 5.41) is 13.8. The second-order valence-electron chi connectivity index (χ2n) is 6.90. The molecular formula is C19H24N4O. The number of hydrogen-bond donors (Lipinski definition) is 2. The van der Waals surface area contributed by atoms with Gasteiger partial charge < -0.3 is 10.4 Å². The number of anilines is 1. The van der Waals surface area contributed by atoms with Crippen molar-refractivity contribution in [2.45, 2.75) is 51.0 Å². The van der Waals surface area contributed by atoms with Crippen molar-refractivity contribution in [3.05, 3.63) is 35.8 Å². The maximum absolute atomic E-state index is 10.4.